The van der Waals surface area contributed by atoms with E-state index >= 15 is 0 Å². The predicted molar refractivity (Wildman–Crippen MR) is 63.4 cm³/mol. The van der Waals surface area contributed by atoms with Gasteiger partial charge in [0.15, 0.2) is 11.5 Å². The molecule has 92 valence electrons. The first kappa shape index (κ1) is 10.7. The highest BCUT2D eigenvalue weighted by Crippen LogP contribution is 2.50. The van der Waals surface area contributed by atoms with E-state index in [1.807, 2.05) is 12.1 Å². The molecule has 1 aromatic rings. The minimum absolute atomic E-state index is 0.00167. The Morgan fingerprint density at radius 1 is 1.35 bits per heavy atom. The molecule has 0 aromatic heterocycles. The number of ether oxygens (including phenoxy) is 3. The minimum atomic E-state index is -0.215. The molecule has 0 radical (unpaired) electrons. The fraction of sp³-hybridized carbons (Fsp3) is 0.538. The van der Waals surface area contributed by atoms with Gasteiger partial charge in [-0.1, -0.05) is 6.92 Å². The summed E-state index contributed by atoms with van der Waals surface area (Å²) < 4.78 is 16.9. The van der Waals surface area contributed by atoms with Gasteiger partial charge >= 0.3 is 0 Å². The van der Waals surface area contributed by atoms with Crippen LogP contribution in [0, 0.1) is 0 Å². The molecule has 2 unspecified atom stereocenters. The fourth-order valence-electron chi connectivity index (χ4n) is 2.44. The van der Waals surface area contributed by atoms with Crippen LogP contribution in [0.25, 0.3) is 0 Å². The molecule has 2 aliphatic rings. The molecule has 0 fully saturated rings. The number of hydrogen-bond donors (Lipinski definition) is 1. The van der Waals surface area contributed by atoms with Gasteiger partial charge in [-0.15, -0.1) is 0 Å². The Morgan fingerprint density at radius 3 is 2.94 bits per heavy atom. The van der Waals surface area contributed by atoms with E-state index in [0.29, 0.717) is 5.75 Å². The molecule has 2 heterocycles. The van der Waals surface area contributed by atoms with Gasteiger partial charge in [0.2, 0.25) is 12.5 Å². The fourth-order valence-corrected chi connectivity index (χ4v) is 2.44. The Hall–Kier alpha value is -1.42. The van der Waals surface area contributed by atoms with Crippen molar-refractivity contribution in [3.63, 3.8) is 0 Å². The molecule has 0 spiro atoms. The number of benzene rings is 1. The second-order valence-electron chi connectivity index (χ2n) is 4.93. The van der Waals surface area contributed by atoms with Gasteiger partial charge in [0, 0.05) is 18.0 Å². The summed E-state index contributed by atoms with van der Waals surface area (Å²) in [7, 11) is 0. The van der Waals surface area contributed by atoms with Gasteiger partial charge in [-0.25, -0.2) is 0 Å². The van der Waals surface area contributed by atoms with Crippen molar-refractivity contribution in [3.05, 3.63) is 17.7 Å². The number of rotatable bonds is 1. The predicted octanol–water partition coefficient (Wildman–Crippen LogP) is 2.37. The Balaban J connectivity index is 2.11. The highest BCUT2D eigenvalue weighted by Gasteiger charge is 2.38. The average Bonchev–Trinajstić information content (AvgIpc) is 2.77. The minimum Gasteiger partial charge on any atom is -0.483 e. The molecule has 0 saturated carbocycles. The van der Waals surface area contributed by atoms with E-state index in [0.717, 1.165) is 29.9 Å². The lowest BCUT2D eigenvalue weighted by Gasteiger charge is -2.38. The van der Waals surface area contributed by atoms with Crippen LogP contribution in [-0.4, -0.2) is 12.4 Å². The summed E-state index contributed by atoms with van der Waals surface area (Å²) in [5.41, 5.74) is 7.01. The molecule has 2 atom stereocenters. The first-order valence-corrected chi connectivity index (χ1v) is 6.00. The van der Waals surface area contributed by atoms with E-state index in [2.05, 4.69) is 13.8 Å². The summed E-state index contributed by atoms with van der Waals surface area (Å²) in [5.74, 6) is 2.22. The van der Waals surface area contributed by atoms with E-state index in [-0.39, 0.29) is 18.4 Å². The van der Waals surface area contributed by atoms with Crippen molar-refractivity contribution in [2.45, 2.75) is 38.3 Å². The third kappa shape index (κ3) is 1.55. The van der Waals surface area contributed by atoms with Crippen molar-refractivity contribution in [3.8, 4) is 17.2 Å². The summed E-state index contributed by atoms with van der Waals surface area (Å²) in [6.07, 6.45) is 1.75. The molecule has 17 heavy (non-hydrogen) atoms. The lowest BCUT2D eigenvalue weighted by molar-refractivity contribution is 0.0461. The normalized spacial score (nSPS) is 29.7. The Morgan fingerprint density at radius 2 is 2.18 bits per heavy atom. The van der Waals surface area contributed by atoms with Gasteiger partial charge in [-0.05, 0) is 25.5 Å². The van der Waals surface area contributed by atoms with Crippen LogP contribution in [0.1, 0.15) is 38.3 Å². The summed E-state index contributed by atoms with van der Waals surface area (Å²) >= 11 is 0. The highest BCUT2D eigenvalue weighted by molar-refractivity contribution is 5.58. The van der Waals surface area contributed by atoms with E-state index in [9.17, 15) is 0 Å². The molecule has 0 saturated heterocycles. The SMILES string of the molecule is CCC1(C)CC(N)c2ccc3c(c2O1)OCO3. The Bertz CT molecular complexity index is 460. The third-order valence-corrected chi connectivity index (χ3v) is 3.67. The maximum Gasteiger partial charge on any atom is 0.231 e. The number of fused-ring (bicyclic) bond motifs is 3. The largest absolute Gasteiger partial charge is 0.483 e. The molecule has 2 N–H and O–H groups in total. The zero-order valence-electron chi connectivity index (χ0n) is 10.2. The van der Waals surface area contributed by atoms with Gasteiger partial charge in [-0.3, -0.25) is 0 Å². The summed E-state index contributed by atoms with van der Waals surface area (Å²) in [6, 6.07) is 3.88. The van der Waals surface area contributed by atoms with Crippen molar-refractivity contribution in [2.75, 3.05) is 6.79 Å². The smallest absolute Gasteiger partial charge is 0.231 e. The quantitative estimate of drug-likeness (QED) is 0.812. The molecular weight excluding hydrogens is 218 g/mol. The van der Waals surface area contributed by atoms with E-state index in [1.54, 1.807) is 0 Å². The van der Waals surface area contributed by atoms with E-state index < -0.39 is 0 Å². The first-order valence-electron chi connectivity index (χ1n) is 6.00. The zero-order valence-corrected chi connectivity index (χ0v) is 10.2. The van der Waals surface area contributed by atoms with Crippen molar-refractivity contribution >= 4 is 0 Å². The number of nitrogens with two attached hydrogens (primary N) is 1. The summed E-state index contributed by atoms with van der Waals surface area (Å²) in [6.45, 7) is 4.45. The highest BCUT2D eigenvalue weighted by atomic mass is 16.7. The second-order valence-corrected chi connectivity index (χ2v) is 4.93. The van der Waals surface area contributed by atoms with Crippen molar-refractivity contribution < 1.29 is 14.2 Å². The molecule has 0 bridgehead atoms. The van der Waals surface area contributed by atoms with Crippen LogP contribution in [0.2, 0.25) is 0 Å². The zero-order chi connectivity index (χ0) is 12.0. The maximum absolute atomic E-state index is 6.22. The Kier molecular flexibility index (Phi) is 2.23. The van der Waals surface area contributed by atoms with E-state index in [1.165, 1.54) is 0 Å². The second kappa shape index (κ2) is 3.53. The van der Waals surface area contributed by atoms with Crippen LogP contribution < -0.4 is 19.9 Å². The van der Waals surface area contributed by atoms with Crippen molar-refractivity contribution in [1.82, 2.24) is 0 Å². The van der Waals surface area contributed by atoms with Crippen LogP contribution in [0.15, 0.2) is 12.1 Å². The lowest BCUT2D eigenvalue weighted by Crippen LogP contribution is -2.39. The molecule has 4 heteroatoms. The molecule has 1 aromatic carbocycles. The first-order chi connectivity index (χ1) is 8.13. The van der Waals surface area contributed by atoms with Crippen LogP contribution in [0.3, 0.4) is 0 Å². The molecule has 2 aliphatic heterocycles. The molecular formula is C13H17NO3. The van der Waals surface area contributed by atoms with Gasteiger partial charge in [0.1, 0.15) is 5.60 Å². The summed E-state index contributed by atoms with van der Waals surface area (Å²) in [4.78, 5) is 0. The molecule has 0 aliphatic carbocycles. The van der Waals surface area contributed by atoms with Crippen molar-refractivity contribution in [1.29, 1.82) is 0 Å². The third-order valence-electron chi connectivity index (χ3n) is 3.67. The van der Waals surface area contributed by atoms with Gasteiger partial charge in [-0.2, -0.15) is 0 Å². The number of hydrogen-bond acceptors (Lipinski definition) is 4. The van der Waals surface area contributed by atoms with Crippen molar-refractivity contribution in [2.24, 2.45) is 5.73 Å². The topological polar surface area (TPSA) is 53.7 Å². The maximum atomic E-state index is 6.22. The van der Waals surface area contributed by atoms with Gasteiger partial charge < -0.3 is 19.9 Å². The van der Waals surface area contributed by atoms with Gasteiger partial charge in [0.05, 0.1) is 0 Å². The van der Waals surface area contributed by atoms with Crippen LogP contribution in [0.4, 0.5) is 0 Å². The molecule has 3 rings (SSSR count). The summed E-state index contributed by atoms with van der Waals surface area (Å²) in [5, 5.41) is 0. The lowest BCUT2D eigenvalue weighted by atomic mass is 9.87. The van der Waals surface area contributed by atoms with E-state index in [4.69, 9.17) is 19.9 Å². The standard InChI is InChI=1S/C13H17NO3/c1-3-13(2)6-9(14)8-4-5-10-12(11(8)17-13)16-7-15-10/h4-5,9H,3,6-7,14H2,1-2H3. The van der Waals surface area contributed by atoms with Gasteiger partial charge in [0.25, 0.3) is 0 Å². The molecule has 0 amide bonds. The van der Waals surface area contributed by atoms with Crippen LogP contribution in [0.5, 0.6) is 17.2 Å². The Labute approximate surface area is 101 Å². The van der Waals surface area contributed by atoms with Crippen LogP contribution >= 0.6 is 0 Å². The monoisotopic (exact) mass is 235 g/mol. The average molecular weight is 235 g/mol. The van der Waals surface area contributed by atoms with Crippen LogP contribution in [-0.2, 0) is 0 Å². The molecule has 4 nitrogen and oxygen atoms in total.